The predicted octanol–water partition coefficient (Wildman–Crippen LogP) is 4.31. The molecule has 1 aliphatic heterocycles. The van der Waals surface area contributed by atoms with Crippen LogP contribution in [0.4, 0.5) is 0 Å². The molecule has 2 aliphatic rings. The summed E-state index contributed by atoms with van der Waals surface area (Å²) in [6.45, 7) is 1.14. The highest BCUT2D eigenvalue weighted by Gasteiger charge is 2.31. The van der Waals surface area contributed by atoms with E-state index in [1.807, 2.05) is 47.4 Å². The van der Waals surface area contributed by atoms with E-state index in [1.54, 1.807) is 14.2 Å². The predicted molar refractivity (Wildman–Crippen MR) is 120 cm³/mol. The molecule has 5 heteroatoms. The smallest absolute Gasteiger partial charge is 0.209 e. The number of methoxy groups -OCH3 is 2. The second-order valence-corrected chi connectivity index (χ2v) is 7.94. The van der Waals surface area contributed by atoms with Crippen molar-refractivity contribution in [1.29, 1.82) is 0 Å². The van der Waals surface area contributed by atoms with Crippen LogP contribution in [0.25, 0.3) is 0 Å². The largest absolute Gasteiger partial charge is 0.497 e. The molecule has 0 bridgehead atoms. The van der Waals surface area contributed by atoms with Crippen molar-refractivity contribution in [3.05, 3.63) is 83.1 Å². The molecule has 2 unspecified atom stereocenters. The average Bonchev–Trinajstić information content (AvgIpc) is 3.02. The number of hydrogen-bond acceptors (Lipinski definition) is 4. The van der Waals surface area contributed by atoms with E-state index in [2.05, 4.69) is 18.2 Å². The molecule has 5 nitrogen and oxygen atoms in total. The number of nitrogens with zero attached hydrogens (tertiary/aromatic N) is 1. The molecule has 4 rings (SSSR count). The van der Waals surface area contributed by atoms with Crippen LogP contribution in [-0.4, -0.2) is 38.1 Å². The maximum Gasteiger partial charge on any atom is 0.209 e. The maximum absolute atomic E-state index is 11.9. The minimum Gasteiger partial charge on any atom is -0.497 e. The zero-order valence-electron chi connectivity index (χ0n) is 18.1. The van der Waals surface area contributed by atoms with E-state index in [1.165, 1.54) is 5.56 Å². The zero-order chi connectivity index (χ0) is 21.6. The molecule has 0 saturated heterocycles. The summed E-state index contributed by atoms with van der Waals surface area (Å²) < 4.78 is 17.2. The number of carbonyl (C=O) groups is 1. The summed E-state index contributed by atoms with van der Waals surface area (Å²) in [6.07, 6.45) is 9.64. The van der Waals surface area contributed by atoms with Crippen LogP contribution in [0.15, 0.2) is 66.5 Å². The molecule has 0 radical (unpaired) electrons. The van der Waals surface area contributed by atoms with Crippen molar-refractivity contribution in [2.45, 2.75) is 31.9 Å². The molecular weight excluding hydrogens is 390 g/mol. The lowest BCUT2D eigenvalue weighted by Gasteiger charge is -2.32. The summed E-state index contributed by atoms with van der Waals surface area (Å²) in [4.78, 5) is 13.9. The fraction of sp³-hybridized carbons (Fsp3) is 0.346. The van der Waals surface area contributed by atoms with Gasteiger partial charge in [0.2, 0.25) is 6.41 Å². The number of rotatable bonds is 7. The van der Waals surface area contributed by atoms with E-state index in [4.69, 9.17) is 14.2 Å². The molecule has 1 aliphatic carbocycles. The SMILES string of the molecule is COC1=CCC(C2Cc3ccc(OCc4ccccc4)c(OC)c3CCN2C=O)C=C1. The molecule has 2 atom stereocenters. The molecule has 1 heterocycles. The summed E-state index contributed by atoms with van der Waals surface area (Å²) in [5, 5.41) is 0. The first-order chi connectivity index (χ1) is 15.2. The van der Waals surface area contributed by atoms with Crippen molar-refractivity contribution in [3.63, 3.8) is 0 Å². The van der Waals surface area contributed by atoms with E-state index < -0.39 is 0 Å². The number of ether oxygens (including phenoxy) is 3. The van der Waals surface area contributed by atoms with Crippen LogP contribution in [0, 0.1) is 5.92 Å². The minimum atomic E-state index is 0.102. The van der Waals surface area contributed by atoms with Gasteiger partial charge in [-0.1, -0.05) is 42.5 Å². The first-order valence-electron chi connectivity index (χ1n) is 10.7. The lowest BCUT2D eigenvalue weighted by Crippen LogP contribution is -2.41. The average molecular weight is 420 g/mol. The first kappa shape index (κ1) is 21.0. The third-order valence-corrected chi connectivity index (χ3v) is 6.20. The van der Waals surface area contributed by atoms with Crippen LogP contribution < -0.4 is 9.47 Å². The third-order valence-electron chi connectivity index (χ3n) is 6.20. The van der Waals surface area contributed by atoms with Crippen LogP contribution in [0.1, 0.15) is 23.1 Å². The molecule has 1 amide bonds. The van der Waals surface area contributed by atoms with Gasteiger partial charge in [-0.15, -0.1) is 0 Å². The van der Waals surface area contributed by atoms with Crippen LogP contribution in [0.2, 0.25) is 0 Å². The number of carbonyl (C=O) groups excluding carboxylic acids is 1. The normalized spacial score (nSPS) is 20.3. The zero-order valence-corrected chi connectivity index (χ0v) is 18.1. The number of fused-ring (bicyclic) bond motifs is 1. The fourth-order valence-electron chi connectivity index (χ4n) is 4.52. The molecular formula is C26H29NO4. The summed E-state index contributed by atoms with van der Waals surface area (Å²) in [5.41, 5.74) is 3.46. The van der Waals surface area contributed by atoms with Gasteiger partial charge in [0.25, 0.3) is 0 Å². The molecule has 0 fully saturated rings. The van der Waals surface area contributed by atoms with Crippen molar-refractivity contribution in [1.82, 2.24) is 4.90 Å². The highest BCUT2D eigenvalue weighted by Crippen LogP contribution is 2.38. The molecule has 0 spiro atoms. The molecule has 0 saturated carbocycles. The van der Waals surface area contributed by atoms with E-state index in [0.717, 1.165) is 54.1 Å². The number of benzene rings is 2. The maximum atomic E-state index is 11.9. The van der Waals surface area contributed by atoms with E-state index >= 15 is 0 Å². The van der Waals surface area contributed by atoms with Gasteiger partial charge < -0.3 is 19.1 Å². The van der Waals surface area contributed by atoms with Gasteiger partial charge in [0.05, 0.1) is 14.2 Å². The monoisotopic (exact) mass is 419 g/mol. The lowest BCUT2D eigenvalue weighted by molar-refractivity contribution is -0.120. The Morgan fingerprint density at radius 3 is 2.61 bits per heavy atom. The summed E-state index contributed by atoms with van der Waals surface area (Å²) in [6, 6.07) is 14.3. The molecule has 2 aromatic carbocycles. The Morgan fingerprint density at radius 2 is 1.94 bits per heavy atom. The standard InChI is InChI=1S/C26H29NO4/c1-29-22-11-8-20(9-12-22)24-16-21-10-13-25(31-17-19-6-4-3-5-7-19)26(30-2)23(21)14-15-27(24)18-28/h3-8,10-13,18,20,24H,9,14-17H2,1-2H3. The van der Waals surface area contributed by atoms with Crippen LogP contribution in [0.5, 0.6) is 11.5 Å². The van der Waals surface area contributed by atoms with Crippen LogP contribution in [0.3, 0.4) is 0 Å². The second kappa shape index (κ2) is 9.73. The molecule has 162 valence electrons. The summed E-state index contributed by atoms with van der Waals surface area (Å²) >= 11 is 0. The van der Waals surface area contributed by atoms with Gasteiger partial charge in [0.15, 0.2) is 11.5 Å². The third kappa shape index (κ3) is 4.61. The highest BCUT2D eigenvalue weighted by molar-refractivity contribution is 5.54. The Hall–Kier alpha value is -3.21. The Morgan fingerprint density at radius 1 is 1.10 bits per heavy atom. The Bertz CT molecular complexity index is 967. The first-order valence-corrected chi connectivity index (χ1v) is 10.7. The highest BCUT2D eigenvalue weighted by atomic mass is 16.5. The summed E-state index contributed by atoms with van der Waals surface area (Å²) in [5.74, 6) is 2.66. The lowest BCUT2D eigenvalue weighted by atomic mass is 9.87. The second-order valence-electron chi connectivity index (χ2n) is 7.94. The summed E-state index contributed by atoms with van der Waals surface area (Å²) in [7, 11) is 3.37. The minimum absolute atomic E-state index is 0.102. The van der Waals surface area contributed by atoms with E-state index in [-0.39, 0.29) is 12.0 Å². The van der Waals surface area contributed by atoms with E-state index in [0.29, 0.717) is 13.2 Å². The van der Waals surface area contributed by atoms with Crippen molar-refractivity contribution in [2.75, 3.05) is 20.8 Å². The molecule has 0 N–H and O–H groups in total. The fourth-order valence-corrected chi connectivity index (χ4v) is 4.52. The van der Waals surface area contributed by atoms with Gasteiger partial charge in [-0.05, 0) is 48.6 Å². The number of amides is 1. The number of allylic oxidation sites excluding steroid dienone is 2. The number of hydrogen-bond donors (Lipinski definition) is 0. The van der Waals surface area contributed by atoms with Crippen molar-refractivity contribution in [2.24, 2.45) is 5.92 Å². The Labute approximate surface area is 183 Å². The van der Waals surface area contributed by atoms with Gasteiger partial charge >= 0.3 is 0 Å². The Kier molecular flexibility index (Phi) is 6.60. The van der Waals surface area contributed by atoms with Gasteiger partial charge in [0.1, 0.15) is 12.4 Å². The molecule has 31 heavy (non-hydrogen) atoms. The van der Waals surface area contributed by atoms with Crippen molar-refractivity contribution < 1.29 is 19.0 Å². The van der Waals surface area contributed by atoms with Gasteiger partial charge in [-0.3, -0.25) is 4.79 Å². The molecule has 0 aromatic heterocycles. The van der Waals surface area contributed by atoms with Gasteiger partial charge in [-0.25, -0.2) is 0 Å². The quantitative estimate of drug-likeness (QED) is 0.628. The van der Waals surface area contributed by atoms with Gasteiger partial charge in [0, 0.05) is 24.1 Å². The molecule has 2 aromatic rings. The van der Waals surface area contributed by atoms with Crippen LogP contribution in [-0.2, 0) is 29.0 Å². The Balaban J connectivity index is 1.58. The van der Waals surface area contributed by atoms with Crippen molar-refractivity contribution in [3.8, 4) is 11.5 Å². The van der Waals surface area contributed by atoms with Crippen LogP contribution >= 0.6 is 0 Å². The van der Waals surface area contributed by atoms with Crippen molar-refractivity contribution >= 4 is 6.41 Å². The topological polar surface area (TPSA) is 48.0 Å². The van der Waals surface area contributed by atoms with E-state index in [9.17, 15) is 4.79 Å². The van der Waals surface area contributed by atoms with Gasteiger partial charge in [-0.2, -0.15) is 0 Å².